The van der Waals surface area contributed by atoms with Crippen molar-refractivity contribution in [3.8, 4) is 6.07 Å². The Kier molecular flexibility index (Phi) is 3.56. The Labute approximate surface area is 109 Å². The summed E-state index contributed by atoms with van der Waals surface area (Å²) in [6.45, 7) is 0. The van der Waals surface area contributed by atoms with Gasteiger partial charge in [0.2, 0.25) is 5.13 Å². The summed E-state index contributed by atoms with van der Waals surface area (Å²) in [4.78, 5) is 1.92. The molecule has 1 heterocycles. The molecule has 0 saturated heterocycles. The molecule has 0 radical (unpaired) electrons. The molecule has 1 unspecified atom stereocenters. The molecule has 1 aliphatic rings. The van der Waals surface area contributed by atoms with Crippen molar-refractivity contribution in [2.45, 2.75) is 22.7 Å². The van der Waals surface area contributed by atoms with Crippen LogP contribution in [0.2, 0.25) is 0 Å². The smallest absolute Gasteiger partial charge is 0.208 e. The zero-order valence-electron chi connectivity index (χ0n) is 9.88. The van der Waals surface area contributed by atoms with E-state index >= 15 is 0 Å². The van der Waals surface area contributed by atoms with E-state index in [1.807, 2.05) is 19.0 Å². The first-order valence-corrected chi connectivity index (χ1v) is 7.19. The summed E-state index contributed by atoms with van der Waals surface area (Å²) in [6, 6.07) is 2.24. The summed E-state index contributed by atoms with van der Waals surface area (Å²) >= 11 is 3.06. The summed E-state index contributed by atoms with van der Waals surface area (Å²) in [7, 11) is 3.86. The molecule has 17 heavy (non-hydrogen) atoms. The lowest BCUT2D eigenvalue weighted by Gasteiger charge is -2.19. The SMILES string of the molecule is CN(C)c1nnc(SCC(N)(C#N)C2CC2)s1. The number of anilines is 1. The van der Waals surface area contributed by atoms with Crippen LogP contribution in [-0.4, -0.2) is 35.6 Å². The van der Waals surface area contributed by atoms with Crippen LogP contribution in [0.4, 0.5) is 5.13 Å². The van der Waals surface area contributed by atoms with E-state index in [1.165, 1.54) is 23.1 Å². The van der Waals surface area contributed by atoms with Gasteiger partial charge in [0.15, 0.2) is 4.34 Å². The van der Waals surface area contributed by atoms with Gasteiger partial charge in [-0.1, -0.05) is 23.1 Å². The monoisotopic (exact) mass is 269 g/mol. The molecule has 0 bridgehead atoms. The molecule has 0 aliphatic heterocycles. The second kappa shape index (κ2) is 4.80. The largest absolute Gasteiger partial charge is 0.353 e. The van der Waals surface area contributed by atoms with Gasteiger partial charge in [-0.15, -0.1) is 10.2 Å². The van der Waals surface area contributed by atoms with Crippen LogP contribution in [-0.2, 0) is 0 Å². The van der Waals surface area contributed by atoms with Gasteiger partial charge < -0.3 is 10.6 Å². The number of hydrogen-bond donors (Lipinski definition) is 1. The lowest BCUT2D eigenvalue weighted by Crippen LogP contribution is -2.43. The van der Waals surface area contributed by atoms with E-state index in [9.17, 15) is 0 Å². The van der Waals surface area contributed by atoms with Gasteiger partial charge in [-0.05, 0) is 18.8 Å². The van der Waals surface area contributed by atoms with Crippen LogP contribution in [0.3, 0.4) is 0 Å². The van der Waals surface area contributed by atoms with Crippen molar-refractivity contribution in [2.24, 2.45) is 11.7 Å². The minimum atomic E-state index is -0.700. The second-order valence-corrected chi connectivity index (χ2v) is 6.64. The number of nitrogens with zero attached hydrogens (tertiary/aromatic N) is 4. The Balaban J connectivity index is 1.95. The molecule has 1 saturated carbocycles. The molecule has 5 nitrogen and oxygen atoms in total. The Morgan fingerprint density at radius 1 is 1.59 bits per heavy atom. The number of rotatable bonds is 5. The minimum Gasteiger partial charge on any atom is -0.353 e. The van der Waals surface area contributed by atoms with Crippen molar-refractivity contribution < 1.29 is 0 Å². The summed E-state index contributed by atoms with van der Waals surface area (Å²) < 4.78 is 0.874. The first-order valence-electron chi connectivity index (χ1n) is 5.39. The Bertz CT molecular complexity index is 434. The van der Waals surface area contributed by atoms with Crippen molar-refractivity contribution in [3.05, 3.63) is 0 Å². The first-order chi connectivity index (χ1) is 8.05. The summed E-state index contributed by atoms with van der Waals surface area (Å²) in [6.07, 6.45) is 2.15. The van der Waals surface area contributed by atoms with Crippen LogP contribution in [0.5, 0.6) is 0 Å². The van der Waals surface area contributed by atoms with Gasteiger partial charge in [0, 0.05) is 19.8 Å². The molecule has 1 aromatic rings. The fourth-order valence-corrected chi connectivity index (χ4v) is 3.36. The molecule has 0 spiro atoms. The number of aromatic nitrogens is 2. The Morgan fingerprint density at radius 3 is 2.76 bits per heavy atom. The van der Waals surface area contributed by atoms with E-state index in [2.05, 4.69) is 16.3 Å². The van der Waals surface area contributed by atoms with E-state index in [-0.39, 0.29) is 0 Å². The normalized spacial score (nSPS) is 18.5. The number of thioether (sulfide) groups is 1. The lowest BCUT2D eigenvalue weighted by atomic mass is 10.00. The van der Waals surface area contributed by atoms with Gasteiger partial charge >= 0.3 is 0 Å². The Morgan fingerprint density at radius 2 is 2.29 bits per heavy atom. The highest BCUT2D eigenvalue weighted by atomic mass is 32.2. The van der Waals surface area contributed by atoms with Gasteiger partial charge in [0.05, 0.1) is 6.07 Å². The average Bonchev–Trinajstić information content (AvgIpc) is 3.05. The van der Waals surface area contributed by atoms with E-state index in [0.717, 1.165) is 22.3 Å². The predicted octanol–water partition coefficient (Wildman–Crippen LogP) is 1.33. The molecule has 0 amide bonds. The fraction of sp³-hybridized carbons (Fsp3) is 0.700. The van der Waals surface area contributed by atoms with E-state index < -0.39 is 5.54 Å². The standard InChI is InChI=1S/C10H15N5S2/c1-15(2)8-13-14-9(17-8)16-6-10(12,5-11)7-3-4-7/h7H,3-4,6,12H2,1-2H3. The van der Waals surface area contributed by atoms with Crippen molar-refractivity contribution in [2.75, 3.05) is 24.7 Å². The van der Waals surface area contributed by atoms with E-state index in [4.69, 9.17) is 11.0 Å². The van der Waals surface area contributed by atoms with Gasteiger partial charge in [0.25, 0.3) is 0 Å². The zero-order valence-corrected chi connectivity index (χ0v) is 11.5. The predicted molar refractivity (Wildman–Crippen MR) is 70.2 cm³/mol. The van der Waals surface area contributed by atoms with Gasteiger partial charge in [-0.3, -0.25) is 0 Å². The minimum absolute atomic E-state index is 0.362. The summed E-state index contributed by atoms with van der Waals surface area (Å²) in [5.74, 6) is 0.956. The molecule has 2 N–H and O–H groups in total. The van der Waals surface area contributed by atoms with Crippen molar-refractivity contribution in [3.63, 3.8) is 0 Å². The molecule has 1 atom stereocenters. The second-order valence-electron chi connectivity index (χ2n) is 4.46. The molecule has 1 fully saturated rings. The summed E-state index contributed by atoms with van der Waals surface area (Å²) in [5.41, 5.74) is 5.38. The molecule has 1 aliphatic carbocycles. The van der Waals surface area contributed by atoms with Crippen LogP contribution in [0.1, 0.15) is 12.8 Å². The van der Waals surface area contributed by atoms with E-state index in [0.29, 0.717) is 11.7 Å². The third-order valence-corrected chi connectivity index (χ3v) is 5.17. The lowest BCUT2D eigenvalue weighted by molar-refractivity contribution is 0.532. The maximum atomic E-state index is 9.14. The molecule has 0 aromatic carbocycles. The highest BCUT2D eigenvalue weighted by Gasteiger charge is 2.42. The fourth-order valence-electron chi connectivity index (χ4n) is 1.46. The molecule has 2 rings (SSSR count). The number of nitriles is 1. The van der Waals surface area contributed by atoms with Gasteiger partial charge in [0.1, 0.15) is 5.54 Å². The van der Waals surface area contributed by atoms with E-state index in [1.54, 1.807) is 0 Å². The Hall–Kier alpha value is -0.840. The highest BCUT2D eigenvalue weighted by Crippen LogP contribution is 2.41. The van der Waals surface area contributed by atoms with Crippen LogP contribution >= 0.6 is 23.1 Å². The zero-order chi connectivity index (χ0) is 12.5. The average molecular weight is 269 g/mol. The maximum Gasteiger partial charge on any atom is 0.208 e. The highest BCUT2D eigenvalue weighted by molar-refractivity contribution is 8.01. The van der Waals surface area contributed by atoms with Gasteiger partial charge in [-0.25, -0.2) is 0 Å². The van der Waals surface area contributed by atoms with Crippen molar-refractivity contribution >= 4 is 28.2 Å². The number of nitrogens with two attached hydrogens (primary N) is 1. The van der Waals surface area contributed by atoms with Crippen LogP contribution in [0.25, 0.3) is 0 Å². The molecular weight excluding hydrogens is 254 g/mol. The third-order valence-electron chi connectivity index (χ3n) is 2.73. The molecule has 92 valence electrons. The first kappa shape index (κ1) is 12.6. The maximum absolute atomic E-state index is 9.14. The summed E-state index contributed by atoms with van der Waals surface area (Å²) in [5, 5.41) is 18.1. The molecule has 7 heteroatoms. The van der Waals surface area contributed by atoms with Crippen LogP contribution in [0, 0.1) is 17.2 Å². The quantitative estimate of drug-likeness (QED) is 0.812. The van der Waals surface area contributed by atoms with Crippen molar-refractivity contribution in [1.82, 2.24) is 10.2 Å². The molecule has 1 aromatic heterocycles. The van der Waals surface area contributed by atoms with Crippen LogP contribution in [0.15, 0.2) is 4.34 Å². The third kappa shape index (κ3) is 2.89. The molecular formula is C10H15N5S2. The van der Waals surface area contributed by atoms with Gasteiger partial charge in [-0.2, -0.15) is 5.26 Å². The van der Waals surface area contributed by atoms with Crippen molar-refractivity contribution in [1.29, 1.82) is 5.26 Å². The number of hydrogen-bond acceptors (Lipinski definition) is 7. The van der Waals surface area contributed by atoms with Crippen LogP contribution < -0.4 is 10.6 Å². The topological polar surface area (TPSA) is 78.8 Å².